The maximum absolute atomic E-state index is 11.7. The van der Waals surface area contributed by atoms with Crippen LogP contribution in [0.4, 0.5) is 4.79 Å². The van der Waals surface area contributed by atoms with Crippen molar-refractivity contribution >= 4 is 6.09 Å². The van der Waals surface area contributed by atoms with E-state index in [1.54, 1.807) is 13.8 Å². The number of rotatable bonds is 5. The van der Waals surface area contributed by atoms with E-state index in [9.17, 15) is 9.90 Å². The van der Waals surface area contributed by atoms with E-state index in [-0.39, 0.29) is 25.8 Å². The minimum absolute atomic E-state index is 0.0859. The number of nitrogens with two attached hydrogens (primary N) is 1. The van der Waals surface area contributed by atoms with Crippen LogP contribution in [-0.2, 0) is 4.74 Å². The van der Waals surface area contributed by atoms with Crippen LogP contribution in [0.3, 0.4) is 0 Å². The Bertz CT molecular complexity index is 339. The summed E-state index contributed by atoms with van der Waals surface area (Å²) in [5, 5.41) is 21.1. The van der Waals surface area contributed by atoms with Gasteiger partial charge < -0.3 is 26.0 Å². The first kappa shape index (κ1) is 14.9. The van der Waals surface area contributed by atoms with Gasteiger partial charge in [0.05, 0.1) is 19.3 Å². The molecular formula is C12H22N2O4. The zero-order chi connectivity index (χ0) is 13.8. The van der Waals surface area contributed by atoms with Crippen molar-refractivity contribution in [3.63, 3.8) is 0 Å². The molecule has 0 bridgehead atoms. The minimum Gasteiger partial charge on any atom is -0.442 e. The lowest BCUT2D eigenvalue weighted by Gasteiger charge is -2.25. The third-order valence-corrected chi connectivity index (χ3v) is 3.12. The Morgan fingerprint density at radius 3 is 2.67 bits per heavy atom. The lowest BCUT2D eigenvalue weighted by atomic mass is 10.1. The molecule has 1 aliphatic carbocycles. The standard InChI is InChI=1S/C12H22N2O4/c1-12(2,7-13)18-11(17)14-10-4-3-8(5-15)9(10)6-16/h10,15-16H,3-7,13H2,1-2H3,(H,14,17). The molecule has 18 heavy (non-hydrogen) atoms. The summed E-state index contributed by atoms with van der Waals surface area (Å²) < 4.78 is 5.17. The molecule has 6 nitrogen and oxygen atoms in total. The Morgan fingerprint density at radius 1 is 1.50 bits per heavy atom. The molecule has 0 aliphatic heterocycles. The number of carbonyl (C=O) groups is 1. The van der Waals surface area contributed by atoms with Crippen molar-refractivity contribution in [3.8, 4) is 0 Å². The molecule has 104 valence electrons. The van der Waals surface area contributed by atoms with E-state index in [1.165, 1.54) is 0 Å². The van der Waals surface area contributed by atoms with E-state index in [2.05, 4.69) is 5.32 Å². The van der Waals surface area contributed by atoms with Crippen molar-refractivity contribution in [2.45, 2.75) is 38.3 Å². The highest BCUT2D eigenvalue weighted by atomic mass is 16.6. The molecule has 0 aromatic heterocycles. The molecule has 1 rings (SSSR count). The lowest BCUT2D eigenvalue weighted by molar-refractivity contribution is 0.0437. The summed E-state index contributed by atoms with van der Waals surface area (Å²) in [6.45, 7) is 3.43. The Kier molecular flexibility index (Phi) is 5.13. The fraction of sp³-hybridized carbons (Fsp3) is 0.750. The lowest BCUT2D eigenvalue weighted by Crippen LogP contribution is -2.43. The van der Waals surface area contributed by atoms with E-state index in [4.69, 9.17) is 15.6 Å². The smallest absolute Gasteiger partial charge is 0.408 e. The minimum atomic E-state index is -0.717. The largest absolute Gasteiger partial charge is 0.442 e. The summed E-state index contributed by atoms with van der Waals surface area (Å²) in [4.78, 5) is 11.7. The number of alkyl carbamates (subject to hydrolysis) is 1. The van der Waals surface area contributed by atoms with E-state index < -0.39 is 11.7 Å². The van der Waals surface area contributed by atoms with Gasteiger partial charge in [0.2, 0.25) is 0 Å². The van der Waals surface area contributed by atoms with Gasteiger partial charge >= 0.3 is 6.09 Å². The molecule has 0 fully saturated rings. The van der Waals surface area contributed by atoms with Gasteiger partial charge in [-0.3, -0.25) is 0 Å². The van der Waals surface area contributed by atoms with Gasteiger partial charge in [-0.25, -0.2) is 4.79 Å². The average molecular weight is 258 g/mol. The fourth-order valence-corrected chi connectivity index (χ4v) is 1.93. The number of ether oxygens (including phenoxy) is 1. The molecule has 0 heterocycles. The fourth-order valence-electron chi connectivity index (χ4n) is 1.93. The van der Waals surface area contributed by atoms with Gasteiger partial charge in [-0.15, -0.1) is 0 Å². The molecule has 1 amide bonds. The molecule has 1 atom stereocenters. The highest BCUT2D eigenvalue weighted by Gasteiger charge is 2.28. The number of aliphatic hydroxyl groups is 2. The first-order chi connectivity index (χ1) is 8.43. The molecule has 0 aromatic carbocycles. The molecule has 5 N–H and O–H groups in total. The SMILES string of the molecule is CC(C)(CN)OC(=O)NC1CCC(CO)=C1CO. The van der Waals surface area contributed by atoms with E-state index in [0.717, 1.165) is 5.57 Å². The maximum atomic E-state index is 11.7. The molecular weight excluding hydrogens is 236 g/mol. The predicted molar refractivity (Wildman–Crippen MR) is 67.0 cm³/mol. The summed E-state index contributed by atoms with van der Waals surface area (Å²) in [6.07, 6.45) is 0.794. The van der Waals surface area contributed by atoms with Crippen LogP contribution in [0.25, 0.3) is 0 Å². The van der Waals surface area contributed by atoms with E-state index >= 15 is 0 Å². The highest BCUT2D eigenvalue weighted by molar-refractivity contribution is 5.69. The highest BCUT2D eigenvalue weighted by Crippen LogP contribution is 2.26. The van der Waals surface area contributed by atoms with Crippen LogP contribution in [0.2, 0.25) is 0 Å². The zero-order valence-electron chi connectivity index (χ0n) is 10.9. The van der Waals surface area contributed by atoms with Crippen LogP contribution < -0.4 is 11.1 Å². The number of nitrogens with one attached hydrogen (secondary N) is 1. The van der Waals surface area contributed by atoms with E-state index in [1.807, 2.05) is 0 Å². The molecule has 6 heteroatoms. The second-order valence-corrected chi connectivity index (χ2v) is 5.03. The second-order valence-electron chi connectivity index (χ2n) is 5.03. The monoisotopic (exact) mass is 258 g/mol. The normalized spacial score (nSPS) is 20.2. The second kappa shape index (κ2) is 6.17. The summed E-state index contributed by atoms with van der Waals surface area (Å²) >= 11 is 0. The molecule has 0 aromatic rings. The van der Waals surface area contributed by atoms with Gasteiger partial charge in [0.25, 0.3) is 0 Å². The van der Waals surface area contributed by atoms with Gasteiger partial charge in [0.1, 0.15) is 5.60 Å². The molecule has 0 spiro atoms. The molecule has 0 saturated carbocycles. The number of aliphatic hydroxyl groups excluding tert-OH is 2. The Balaban J connectivity index is 2.58. The summed E-state index contributed by atoms with van der Waals surface area (Å²) in [7, 11) is 0. The van der Waals surface area contributed by atoms with Gasteiger partial charge in [-0.1, -0.05) is 0 Å². The number of carbonyl (C=O) groups excluding carboxylic acids is 1. The summed E-state index contributed by atoms with van der Waals surface area (Å²) in [6, 6.07) is -0.266. The third-order valence-electron chi connectivity index (χ3n) is 3.12. The molecule has 1 unspecified atom stereocenters. The van der Waals surface area contributed by atoms with Crippen LogP contribution in [0.15, 0.2) is 11.1 Å². The van der Waals surface area contributed by atoms with E-state index in [0.29, 0.717) is 18.4 Å². The molecule has 0 saturated heterocycles. The van der Waals surface area contributed by atoms with Crippen molar-refractivity contribution in [2.24, 2.45) is 5.73 Å². The number of amides is 1. The average Bonchev–Trinajstić information content (AvgIpc) is 2.70. The summed E-state index contributed by atoms with van der Waals surface area (Å²) in [5.41, 5.74) is 6.23. The zero-order valence-corrected chi connectivity index (χ0v) is 10.9. The number of hydrogen-bond acceptors (Lipinski definition) is 5. The quantitative estimate of drug-likeness (QED) is 0.515. The Labute approximate surface area is 107 Å². The summed E-state index contributed by atoms with van der Waals surface area (Å²) in [5.74, 6) is 0. The van der Waals surface area contributed by atoms with Crippen molar-refractivity contribution in [1.29, 1.82) is 0 Å². The van der Waals surface area contributed by atoms with Gasteiger partial charge in [-0.2, -0.15) is 0 Å². The van der Waals surface area contributed by atoms with Crippen LogP contribution in [0.5, 0.6) is 0 Å². The van der Waals surface area contributed by atoms with Crippen LogP contribution in [-0.4, -0.2) is 47.7 Å². The topological polar surface area (TPSA) is 105 Å². The Hall–Kier alpha value is -1.11. The Morgan fingerprint density at radius 2 is 2.17 bits per heavy atom. The predicted octanol–water partition coefficient (Wildman–Crippen LogP) is -0.107. The van der Waals surface area contributed by atoms with Crippen molar-refractivity contribution in [2.75, 3.05) is 19.8 Å². The third kappa shape index (κ3) is 3.69. The number of hydrogen-bond donors (Lipinski definition) is 4. The molecule has 1 aliphatic rings. The van der Waals surface area contributed by atoms with Crippen molar-refractivity contribution in [3.05, 3.63) is 11.1 Å². The van der Waals surface area contributed by atoms with Gasteiger partial charge in [0, 0.05) is 6.54 Å². The van der Waals surface area contributed by atoms with Crippen LogP contribution >= 0.6 is 0 Å². The van der Waals surface area contributed by atoms with Crippen LogP contribution in [0.1, 0.15) is 26.7 Å². The first-order valence-corrected chi connectivity index (χ1v) is 6.05. The van der Waals surface area contributed by atoms with Gasteiger partial charge in [0.15, 0.2) is 0 Å². The first-order valence-electron chi connectivity index (χ1n) is 6.05. The molecule has 0 radical (unpaired) electrons. The van der Waals surface area contributed by atoms with Crippen molar-refractivity contribution in [1.82, 2.24) is 5.32 Å². The van der Waals surface area contributed by atoms with Crippen LogP contribution in [0, 0.1) is 0 Å². The van der Waals surface area contributed by atoms with Crippen molar-refractivity contribution < 1.29 is 19.7 Å². The van der Waals surface area contributed by atoms with Gasteiger partial charge in [-0.05, 0) is 37.8 Å². The maximum Gasteiger partial charge on any atom is 0.408 e.